The number of nitrogens with zero attached hydrogens (tertiary/aromatic N) is 7. The van der Waals surface area contributed by atoms with Gasteiger partial charge in [0.15, 0.2) is 8.32 Å². The first-order chi connectivity index (χ1) is 21.2. The van der Waals surface area contributed by atoms with E-state index >= 15 is 0 Å². The zero-order valence-electron chi connectivity index (χ0n) is 28.0. The van der Waals surface area contributed by atoms with E-state index in [-0.39, 0.29) is 5.04 Å². The number of aromatic nitrogens is 4. The number of fused-ring (bicyclic) bond motifs is 1. The summed E-state index contributed by atoms with van der Waals surface area (Å²) in [6, 6.07) is 10.2. The number of nitriles is 1. The van der Waals surface area contributed by atoms with Crippen molar-refractivity contribution in [2.24, 2.45) is 5.92 Å². The van der Waals surface area contributed by atoms with Gasteiger partial charge in [-0.3, -0.25) is 0 Å². The SMILES string of the molecule is Cc1cc(Nc2nccc(-c3cc(C#N)c4c(c3)[C@@](C)(CO[Si](C)(C)C(C)(C)C)CN4[B]C=O)n2)n(CC2CCN(C)CC2)n1. The van der Waals surface area contributed by atoms with Crippen molar-refractivity contribution in [2.45, 2.75) is 77.6 Å². The van der Waals surface area contributed by atoms with E-state index in [2.05, 4.69) is 75.2 Å². The molecule has 3 aromatic rings. The zero-order valence-corrected chi connectivity index (χ0v) is 29.0. The van der Waals surface area contributed by atoms with Crippen molar-refractivity contribution in [3.8, 4) is 17.3 Å². The van der Waals surface area contributed by atoms with Crippen LogP contribution in [0.1, 0.15) is 57.4 Å². The molecule has 1 radical (unpaired) electrons. The third-order valence-corrected chi connectivity index (χ3v) is 14.3. The van der Waals surface area contributed by atoms with Crippen LogP contribution in [0.25, 0.3) is 11.3 Å². The molecule has 0 spiro atoms. The minimum Gasteiger partial charge on any atom is -0.416 e. The molecule has 2 aliphatic rings. The van der Waals surface area contributed by atoms with Gasteiger partial charge >= 0.3 is 7.41 Å². The van der Waals surface area contributed by atoms with Crippen molar-refractivity contribution in [1.29, 1.82) is 5.26 Å². The highest BCUT2D eigenvalue weighted by Crippen LogP contribution is 2.46. The van der Waals surface area contributed by atoms with E-state index in [9.17, 15) is 10.1 Å². The monoisotopic (exact) mass is 625 g/mol. The second-order valence-electron chi connectivity index (χ2n) is 14.5. The Bertz CT molecular complexity index is 1590. The van der Waals surface area contributed by atoms with Crippen LogP contribution in [-0.2, 0) is 21.2 Å². The molecule has 1 saturated heterocycles. The maximum absolute atomic E-state index is 11.6. The molecule has 5 rings (SSSR count). The molecule has 0 saturated carbocycles. The molecule has 1 N–H and O–H groups in total. The number of hydrogen-bond donors (Lipinski definition) is 1. The molecule has 1 aromatic carbocycles. The van der Waals surface area contributed by atoms with Crippen LogP contribution in [0.2, 0.25) is 18.1 Å². The van der Waals surface area contributed by atoms with Gasteiger partial charge in [-0.25, -0.2) is 14.6 Å². The van der Waals surface area contributed by atoms with Gasteiger partial charge in [-0.15, -0.1) is 0 Å². The lowest BCUT2D eigenvalue weighted by atomic mass is 9.83. The smallest absolute Gasteiger partial charge is 0.329 e. The fourth-order valence-electron chi connectivity index (χ4n) is 6.03. The van der Waals surface area contributed by atoms with Crippen molar-refractivity contribution in [3.63, 3.8) is 0 Å². The molecule has 237 valence electrons. The van der Waals surface area contributed by atoms with Gasteiger partial charge in [0, 0.05) is 48.6 Å². The Morgan fingerprint density at radius 2 is 1.98 bits per heavy atom. The molecule has 10 nitrogen and oxygen atoms in total. The largest absolute Gasteiger partial charge is 0.416 e. The lowest BCUT2D eigenvalue weighted by molar-refractivity contribution is 0.202. The van der Waals surface area contributed by atoms with Crippen molar-refractivity contribution in [1.82, 2.24) is 24.6 Å². The normalized spacial score (nSPS) is 19.3. The summed E-state index contributed by atoms with van der Waals surface area (Å²) >= 11 is 0. The van der Waals surface area contributed by atoms with Gasteiger partial charge in [0.05, 0.1) is 17.0 Å². The van der Waals surface area contributed by atoms with Gasteiger partial charge in [0.2, 0.25) is 5.95 Å². The Morgan fingerprint density at radius 1 is 1.24 bits per heavy atom. The van der Waals surface area contributed by atoms with E-state index in [1.807, 2.05) is 34.6 Å². The fraction of sp³-hybridized carbons (Fsp3) is 0.545. The number of anilines is 3. The van der Waals surface area contributed by atoms with Crippen LogP contribution in [0.4, 0.5) is 17.5 Å². The van der Waals surface area contributed by atoms with Crippen LogP contribution >= 0.6 is 0 Å². The van der Waals surface area contributed by atoms with E-state index in [4.69, 9.17) is 14.5 Å². The standard InChI is InChI=1S/C33H46BN8O2Si/c1-23-15-29(42(39-23)19-24-10-13-40(6)14-11-24)38-31-36-12-9-28(37-31)25-16-26(18-35)30-27(17-25)33(5,20-41(30)34-22-43)21-44-45(7,8)32(2,3)4/h9,12,15-17,22,24H,10-11,13-14,19-21H2,1-8H3,(H,36,37,38)/t33-/m1/s1. The van der Waals surface area contributed by atoms with Crippen LogP contribution in [0.3, 0.4) is 0 Å². The van der Waals surface area contributed by atoms with Crippen LogP contribution in [0, 0.1) is 24.2 Å². The molecule has 0 amide bonds. The first kappa shape index (κ1) is 32.9. The number of piperidine rings is 1. The zero-order chi connectivity index (χ0) is 32.6. The predicted molar refractivity (Wildman–Crippen MR) is 183 cm³/mol. The third-order valence-electron chi connectivity index (χ3n) is 9.85. The molecular formula is C33H46BN8O2Si. The number of likely N-dealkylation sites (tertiary alicyclic amines) is 1. The highest BCUT2D eigenvalue weighted by atomic mass is 28.4. The maximum Gasteiger partial charge on any atom is 0.329 e. The van der Waals surface area contributed by atoms with Crippen LogP contribution in [0.5, 0.6) is 0 Å². The Labute approximate surface area is 269 Å². The molecular weight excluding hydrogens is 579 g/mol. The quantitative estimate of drug-likeness (QED) is 0.230. The number of carbonyl (C=O) groups is 1. The van der Waals surface area contributed by atoms with Crippen LogP contribution in [-0.4, -0.2) is 79.9 Å². The van der Waals surface area contributed by atoms with Gasteiger partial charge < -0.3 is 24.2 Å². The average Bonchev–Trinajstić information content (AvgIpc) is 3.47. The molecule has 2 aliphatic heterocycles. The topological polar surface area (TPSA) is 112 Å². The molecule has 1 fully saturated rings. The lowest BCUT2D eigenvalue weighted by Gasteiger charge is -2.39. The first-order valence-electron chi connectivity index (χ1n) is 15.8. The second-order valence-corrected chi connectivity index (χ2v) is 19.4. The highest BCUT2D eigenvalue weighted by molar-refractivity contribution is 6.74. The van der Waals surface area contributed by atoms with Gasteiger partial charge in [0.1, 0.15) is 18.1 Å². The first-order valence-corrected chi connectivity index (χ1v) is 18.7. The van der Waals surface area contributed by atoms with Gasteiger partial charge in [0.25, 0.3) is 0 Å². The highest BCUT2D eigenvalue weighted by Gasteiger charge is 2.44. The van der Waals surface area contributed by atoms with E-state index in [1.54, 1.807) is 6.20 Å². The predicted octanol–water partition coefficient (Wildman–Crippen LogP) is 5.51. The number of hydrogen-bond acceptors (Lipinski definition) is 9. The molecule has 0 unspecified atom stereocenters. The van der Waals surface area contributed by atoms with Crippen molar-refractivity contribution in [3.05, 3.63) is 47.3 Å². The van der Waals surface area contributed by atoms with E-state index in [0.717, 1.165) is 67.0 Å². The van der Waals surface area contributed by atoms with Crippen molar-refractivity contribution < 1.29 is 9.22 Å². The molecule has 12 heteroatoms. The van der Waals surface area contributed by atoms with Crippen LogP contribution < -0.4 is 10.1 Å². The number of carbonyl (C=O) groups excluding carboxylic acids is 1. The number of rotatable bonds is 10. The van der Waals surface area contributed by atoms with E-state index in [1.165, 1.54) is 7.41 Å². The summed E-state index contributed by atoms with van der Waals surface area (Å²) < 4.78 is 8.76. The minimum atomic E-state index is -2.05. The van der Waals surface area contributed by atoms with E-state index in [0.29, 0.717) is 36.3 Å². The average molecular weight is 626 g/mol. The Balaban J connectivity index is 1.45. The molecule has 0 aliphatic carbocycles. The summed E-state index contributed by atoms with van der Waals surface area (Å²) in [4.78, 5) is 25.3. The van der Waals surface area contributed by atoms with Crippen molar-refractivity contribution in [2.75, 3.05) is 43.4 Å². The van der Waals surface area contributed by atoms with Crippen LogP contribution in [0.15, 0.2) is 30.5 Å². The lowest BCUT2D eigenvalue weighted by Crippen LogP contribution is -2.46. The van der Waals surface area contributed by atoms with E-state index < -0.39 is 13.7 Å². The molecule has 45 heavy (non-hydrogen) atoms. The van der Waals surface area contributed by atoms with Gasteiger partial charge in [-0.1, -0.05) is 27.7 Å². The molecule has 0 bridgehead atoms. The number of aryl methyl sites for hydroxylation is 1. The fourth-order valence-corrected chi connectivity index (χ4v) is 7.14. The molecule has 2 aromatic heterocycles. The number of benzene rings is 1. The number of nitrogens with one attached hydrogen (secondary N) is 1. The summed E-state index contributed by atoms with van der Waals surface area (Å²) in [7, 11) is 1.64. The molecule has 4 heterocycles. The second kappa shape index (κ2) is 12.7. The summed E-state index contributed by atoms with van der Waals surface area (Å²) in [6.07, 6.45) is 4.83. The Morgan fingerprint density at radius 3 is 2.64 bits per heavy atom. The Kier molecular flexibility index (Phi) is 9.27. The minimum absolute atomic E-state index is 0.0600. The molecule has 1 atom stereocenters. The summed E-state index contributed by atoms with van der Waals surface area (Å²) in [6.45, 7) is 19.4. The van der Waals surface area contributed by atoms with Crippen molar-refractivity contribution >= 4 is 39.4 Å². The maximum atomic E-state index is 11.6. The third kappa shape index (κ3) is 7.01. The van der Waals surface area contributed by atoms with Gasteiger partial charge in [-0.2, -0.15) is 10.4 Å². The Hall–Kier alpha value is -3.53. The van der Waals surface area contributed by atoms with Gasteiger partial charge in [-0.05, 0) is 87.7 Å². The summed E-state index contributed by atoms with van der Waals surface area (Å²) in [5, 5.41) is 18.5. The summed E-state index contributed by atoms with van der Waals surface area (Å²) in [5.74, 6) is 1.91. The summed E-state index contributed by atoms with van der Waals surface area (Å²) in [5.41, 5.74) is 4.27.